The van der Waals surface area contributed by atoms with E-state index < -0.39 is 10.0 Å². The monoisotopic (exact) mass is 476 g/mol. The van der Waals surface area contributed by atoms with Gasteiger partial charge in [-0.2, -0.15) is 0 Å². The molecule has 0 N–H and O–H groups in total. The summed E-state index contributed by atoms with van der Waals surface area (Å²) < 4.78 is 26.2. The maximum absolute atomic E-state index is 13.5. The summed E-state index contributed by atoms with van der Waals surface area (Å²) in [4.78, 5) is 17.5. The summed E-state index contributed by atoms with van der Waals surface area (Å²) in [6.07, 6.45) is 0.685. The summed E-state index contributed by atoms with van der Waals surface area (Å²) in [7, 11) is -0.770. The van der Waals surface area contributed by atoms with Gasteiger partial charge in [0, 0.05) is 30.4 Å². The average Bonchev–Trinajstić information content (AvgIpc) is 3.16. The Morgan fingerprint density at radius 3 is 2.35 bits per heavy atom. The molecule has 3 rings (SSSR count). The SMILES string of the molecule is Cc1ccc(CN(CCc2ccccc2)C(=O)c2cc(S(=O)(=O)N(C)C)ccc2Cl)s1. The molecule has 0 unspecified atom stereocenters. The largest absolute Gasteiger partial charge is 0.333 e. The molecule has 5 nitrogen and oxygen atoms in total. The van der Waals surface area contributed by atoms with Gasteiger partial charge in [0.05, 0.1) is 22.0 Å². The molecule has 2 aromatic carbocycles. The van der Waals surface area contributed by atoms with E-state index in [1.54, 1.807) is 16.2 Å². The fraction of sp³-hybridized carbons (Fsp3) is 0.261. The van der Waals surface area contributed by atoms with Crippen LogP contribution in [0.1, 0.15) is 25.7 Å². The van der Waals surface area contributed by atoms with E-state index in [1.807, 2.05) is 49.4 Å². The van der Waals surface area contributed by atoms with E-state index in [2.05, 4.69) is 0 Å². The molecule has 0 aliphatic heterocycles. The average molecular weight is 477 g/mol. The molecule has 1 amide bonds. The number of halogens is 1. The number of aryl methyl sites for hydroxylation is 1. The Labute approximate surface area is 192 Å². The molecule has 0 fully saturated rings. The van der Waals surface area contributed by atoms with E-state index >= 15 is 0 Å². The van der Waals surface area contributed by atoms with E-state index in [-0.39, 0.29) is 21.4 Å². The van der Waals surface area contributed by atoms with Gasteiger partial charge >= 0.3 is 0 Å². The number of carbonyl (C=O) groups is 1. The molecule has 0 aliphatic rings. The van der Waals surface area contributed by atoms with E-state index in [0.717, 1.165) is 14.7 Å². The van der Waals surface area contributed by atoms with E-state index in [1.165, 1.54) is 37.2 Å². The smallest absolute Gasteiger partial charge is 0.255 e. The minimum Gasteiger partial charge on any atom is -0.333 e. The number of sulfonamides is 1. The van der Waals surface area contributed by atoms with Crippen molar-refractivity contribution in [3.63, 3.8) is 0 Å². The topological polar surface area (TPSA) is 57.7 Å². The molecule has 0 aliphatic carbocycles. The summed E-state index contributed by atoms with van der Waals surface area (Å²) in [6, 6.07) is 18.2. The zero-order valence-corrected chi connectivity index (χ0v) is 20.1. The fourth-order valence-electron chi connectivity index (χ4n) is 3.13. The van der Waals surface area contributed by atoms with Gasteiger partial charge < -0.3 is 4.90 Å². The van der Waals surface area contributed by atoms with Crippen LogP contribution in [0.2, 0.25) is 5.02 Å². The zero-order chi connectivity index (χ0) is 22.6. The van der Waals surface area contributed by atoms with Crippen LogP contribution in [0.15, 0.2) is 65.6 Å². The highest BCUT2D eigenvalue weighted by Gasteiger charge is 2.24. The Morgan fingerprint density at radius 1 is 1.03 bits per heavy atom. The summed E-state index contributed by atoms with van der Waals surface area (Å²) in [5, 5.41) is 0.231. The summed E-state index contributed by atoms with van der Waals surface area (Å²) >= 11 is 7.97. The Hall–Kier alpha value is -2.19. The van der Waals surface area contributed by atoms with Crippen molar-refractivity contribution < 1.29 is 13.2 Å². The third-order valence-electron chi connectivity index (χ3n) is 4.89. The molecular weight excluding hydrogens is 452 g/mol. The number of rotatable bonds is 8. The lowest BCUT2D eigenvalue weighted by Crippen LogP contribution is -2.32. The molecule has 0 atom stereocenters. The quantitative estimate of drug-likeness (QED) is 0.467. The Bertz CT molecular complexity index is 1160. The predicted molar refractivity (Wildman–Crippen MR) is 126 cm³/mol. The van der Waals surface area contributed by atoms with Gasteiger partial charge in [-0.05, 0) is 49.2 Å². The van der Waals surface area contributed by atoms with Crippen molar-refractivity contribution in [3.8, 4) is 0 Å². The van der Waals surface area contributed by atoms with Crippen LogP contribution in [0.5, 0.6) is 0 Å². The highest BCUT2D eigenvalue weighted by molar-refractivity contribution is 7.89. The maximum Gasteiger partial charge on any atom is 0.255 e. The summed E-state index contributed by atoms with van der Waals surface area (Å²) in [5.41, 5.74) is 1.31. The third-order valence-corrected chi connectivity index (χ3v) is 8.02. The van der Waals surface area contributed by atoms with E-state index in [0.29, 0.717) is 19.5 Å². The Kier molecular flexibility index (Phi) is 7.54. The van der Waals surface area contributed by atoms with Crippen LogP contribution >= 0.6 is 22.9 Å². The number of thiophene rings is 1. The number of hydrogen-bond donors (Lipinski definition) is 0. The van der Waals surface area contributed by atoms with Crippen LogP contribution in [0, 0.1) is 6.92 Å². The fourth-order valence-corrected chi connectivity index (χ4v) is 5.16. The zero-order valence-electron chi connectivity index (χ0n) is 17.7. The van der Waals surface area contributed by atoms with Crippen LogP contribution < -0.4 is 0 Å². The highest BCUT2D eigenvalue weighted by atomic mass is 35.5. The van der Waals surface area contributed by atoms with Gasteiger partial charge in [0.2, 0.25) is 10.0 Å². The van der Waals surface area contributed by atoms with Gasteiger partial charge in [0.25, 0.3) is 5.91 Å². The second kappa shape index (κ2) is 9.96. The molecule has 1 heterocycles. The van der Waals surface area contributed by atoms with Crippen molar-refractivity contribution in [2.45, 2.75) is 24.8 Å². The van der Waals surface area contributed by atoms with Crippen molar-refractivity contribution in [2.75, 3.05) is 20.6 Å². The molecule has 3 aromatic rings. The molecule has 8 heteroatoms. The predicted octanol–water partition coefficient (Wildman–Crippen LogP) is 4.85. The van der Waals surface area contributed by atoms with Crippen molar-refractivity contribution in [3.05, 3.63) is 86.6 Å². The number of benzene rings is 2. The number of nitrogens with zero attached hydrogens (tertiary/aromatic N) is 2. The maximum atomic E-state index is 13.5. The highest BCUT2D eigenvalue weighted by Crippen LogP contribution is 2.25. The first-order chi connectivity index (χ1) is 14.7. The second-order valence-electron chi connectivity index (χ2n) is 7.40. The van der Waals surface area contributed by atoms with Crippen molar-refractivity contribution in [2.24, 2.45) is 0 Å². The molecule has 31 heavy (non-hydrogen) atoms. The first kappa shape index (κ1) is 23.5. The third kappa shape index (κ3) is 5.74. The number of carbonyl (C=O) groups excluding carboxylic acids is 1. The minimum absolute atomic E-state index is 0.0419. The van der Waals surface area contributed by atoms with E-state index in [4.69, 9.17) is 11.6 Å². The van der Waals surface area contributed by atoms with Gasteiger partial charge in [-0.1, -0.05) is 41.9 Å². The first-order valence-electron chi connectivity index (χ1n) is 9.79. The summed E-state index contributed by atoms with van der Waals surface area (Å²) in [6.45, 7) is 2.95. The lowest BCUT2D eigenvalue weighted by molar-refractivity contribution is 0.0746. The van der Waals surface area contributed by atoms with Crippen LogP contribution in [-0.2, 0) is 23.0 Å². The Morgan fingerprint density at radius 2 is 1.74 bits per heavy atom. The molecule has 0 bridgehead atoms. The van der Waals surface area contributed by atoms with Gasteiger partial charge in [-0.25, -0.2) is 12.7 Å². The first-order valence-corrected chi connectivity index (χ1v) is 12.4. The Balaban J connectivity index is 1.93. The van der Waals surface area contributed by atoms with Crippen molar-refractivity contribution in [1.82, 2.24) is 9.21 Å². The van der Waals surface area contributed by atoms with Crippen LogP contribution in [0.25, 0.3) is 0 Å². The summed E-state index contributed by atoms with van der Waals surface area (Å²) in [5.74, 6) is -0.289. The minimum atomic E-state index is -3.68. The standard InChI is InChI=1S/C23H25ClN2O3S2/c1-17-9-10-19(30-17)16-26(14-13-18-7-5-4-6-8-18)23(27)21-15-20(11-12-22(21)24)31(28,29)25(2)3/h4-12,15H,13-14,16H2,1-3H3. The van der Waals surface area contributed by atoms with Gasteiger partial charge in [0.1, 0.15) is 0 Å². The van der Waals surface area contributed by atoms with Crippen LogP contribution in [0.4, 0.5) is 0 Å². The molecule has 0 spiro atoms. The number of hydrogen-bond acceptors (Lipinski definition) is 4. The van der Waals surface area contributed by atoms with Gasteiger partial charge in [-0.3, -0.25) is 4.79 Å². The van der Waals surface area contributed by atoms with Crippen molar-refractivity contribution in [1.29, 1.82) is 0 Å². The molecule has 164 valence electrons. The molecular formula is C23H25ClN2O3S2. The molecule has 0 saturated carbocycles. The van der Waals surface area contributed by atoms with Crippen LogP contribution in [-0.4, -0.2) is 44.2 Å². The second-order valence-corrected chi connectivity index (χ2v) is 11.3. The normalized spacial score (nSPS) is 11.6. The molecule has 0 radical (unpaired) electrons. The number of amides is 1. The molecule has 0 saturated heterocycles. The van der Waals surface area contributed by atoms with Gasteiger partial charge in [0.15, 0.2) is 0 Å². The lowest BCUT2D eigenvalue weighted by atomic mass is 10.1. The lowest BCUT2D eigenvalue weighted by Gasteiger charge is -2.23. The van der Waals surface area contributed by atoms with Crippen LogP contribution in [0.3, 0.4) is 0 Å². The van der Waals surface area contributed by atoms with Crippen molar-refractivity contribution >= 4 is 38.9 Å². The van der Waals surface area contributed by atoms with Gasteiger partial charge in [-0.15, -0.1) is 11.3 Å². The van der Waals surface area contributed by atoms with E-state index in [9.17, 15) is 13.2 Å². The molecule has 1 aromatic heterocycles.